The third-order valence-corrected chi connectivity index (χ3v) is 4.50. The van der Waals surface area contributed by atoms with Crippen LogP contribution in [0.5, 0.6) is 11.6 Å². The van der Waals surface area contributed by atoms with E-state index in [1.165, 1.54) is 6.07 Å². The highest BCUT2D eigenvalue weighted by molar-refractivity contribution is 7.98. The summed E-state index contributed by atoms with van der Waals surface area (Å²) in [6.45, 7) is 1.85. The third kappa shape index (κ3) is 4.98. The molecule has 0 fully saturated rings. The Labute approximate surface area is 161 Å². The number of alkyl halides is 3. The van der Waals surface area contributed by atoms with E-state index >= 15 is 0 Å². The molecule has 0 aliphatic heterocycles. The highest BCUT2D eigenvalue weighted by Gasteiger charge is 2.34. The van der Waals surface area contributed by atoms with Gasteiger partial charge in [-0.25, -0.2) is 13.8 Å². The molecule has 0 saturated heterocycles. The Morgan fingerprint density at radius 3 is 2.21 bits per heavy atom. The fourth-order valence-electron chi connectivity index (χ4n) is 2.20. The van der Waals surface area contributed by atoms with Crippen molar-refractivity contribution >= 4 is 11.8 Å². The average molecular weight is 412 g/mol. The highest BCUT2D eigenvalue weighted by atomic mass is 32.2. The summed E-state index contributed by atoms with van der Waals surface area (Å²) < 4.78 is 72.3. The summed E-state index contributed by atoms with van der Waals surface area (Å²) in [7, 11) is 0. The Balaban J connectivity index is 1.88. The van der Waals surface area contributed by atoms with E-state index in [1.807, 2.05) is 6.92 Å². The second-order valence-electron chi connectivity index (χ2n) is 5.78. The molecule has 0 aliphatic rings. The summed E-state index contributed by atoms with van der Waals surface area (Å²) in [5, 5.41) is -0.306. The number of aryl methyl sites for hydroxylation is 1. The zero-order chi connectivity index (χ0) is 20.3. The van der Waals surface area contributed by atoms with Gasteiger partial charge in [-0.15, -0.1) is 0 Å². The highest BCUT2D eigenvalue weighted by Crippen LogP contribution is 2.33. The van der Waals surface area contributed by atoms with Crippen LogP contribution in [0.1, 0.15) is 16.8 Å². The first-order chi connectivity index (χ1) is 13.2. The van der Waals surface area contributed by atoms with Crippen molar-refractivity contribution in [2.45, 2.75) is 24.0 Å². The number of thioether (sulfide) groups is 1. The Bertz CT molecular complexity index is 957. The topological polar surface area (TPSA) is 35.0 Å². The minimum Gasteiger partial charge on any atom is -0.439 e. The lowest BCUT2D eigenvalue weighted by atomic mass is 10.2. The molecule has 3 aromatic rings. The molecule has 0 unspecified atom stereocenters. The number of hydrogen-bond donors (Lipinski definition) is 0. The molecule has 0 spiro atoms. The Hall–Kier alpha value is -2.68. The fourth-order valence-corrected chi connectivity index (χ4v) is 3.07. The predicted molar refractivity (Wildman–Crippen MR) is 94.2 cm³/mol. The first kappa shape index (κ1) is 20.1. The van der Waals surface area contributed by atoms with E-state index in [9.17, 15) is 22.0 Å². The number of benzene rings is 2. The molecule has 146 valence electrons. The summed E-state index contributed by atoms with van der Waals surface area (Å²) in [4.78, 5) is 7.36. The van der Waals surface area contributed by atoms with E-state index < -0.39 is 23.5 Å². The van der Waals surface area contributed by atoms with Crippen molar-refractivity contribution in [3.8, 4) is 11.6 Å². The van der Waals surface area contributed by atoms with E-state index in [4.69, 9.17) is 4.74 Å². The van der Waals surface area contributed by atoms with E-state index in [-0.39, 0.29) is 22.4 Å². The van der Waals surface area contributed by atoms with Crippen molar-refractivity contribution in [3.05, 3.63) is 77.0 Å². The monoisotopic (exact) mass is 412 g/mol. The molecule has 0 N–H and O–H groups in total. The van der Waals surface area contributed by atoms with Gasteiger partial charge >= 0.3 is 6.18 Å². The molecule has 1 heterocycles. The first-order valence-corrected chi connectivity index (χ1v) is 8.97. The summed E-state index contributed by atoms with van der Waals surface area (Å²) in [6.07, 6.45) is -4.73. The van der Waals surface area contributed by atoms with Crippen molar-refractivity contribution in [2.75, 3.05) is 0 Å². The number of aromatic nitrogens is 2. The molecular weight excluding hydrogens is 399 g/mol. The van der Waals surface area contributed by atoms with Gasteiger partial charge in [0, 0.05) is 17.4 Å². The van der Waals surface area contributed by atoms with Crippen molar-refractivity contribution in [1.29, 1.82) is 0 Å². The van der Waals surface area contributed by atoms with Crippen LogP contribution in [-0.4, -0.2) is 9.97 Å². The van der Waals surface area contributed by atoms with Gasteiger partial charge in [0.25, 0.3) is 0 Å². The zero-order valence-electron chi connectivity index (χ0n) is 14.4. The molecule has 0 radical (unpaired) electrons. The summed E-state index contributed by atoms with van der Waals surface area (Å²) in [5.74, 6) is -1.88. The van der Waals surface area contributed by atoms with Crippen LogP contribution in [0.4, 0.5) is 22.0 Å². The predicted octanol–water partition coefficient (Wildman–Crippen LogP) is 6.17. The van der Waals surface area contributed by atoms with Crippen molar-refractivity contribution in [2.24, 2.45) is 0 Å². The standard InChI is InChI=1S/C19H13F5N2OS/c1-11-5-7-12(8-6-11)27-17-9-16(19(22,23)24)25-18(26-17)28-10-13-14(20)3-2-4-15(13)21/h2-9H,10H2,1H3. The van der Waals surface area contributed by atoms with Crippen LogP contribution < -0.4 is 4.74 Å². The van der Waals surface area contributed by atoms with Crippen LogP contribution in [0, 0.1) is 18.6 Å². The van der Waals surface area contributed by atoms with Gasteiger partial charge in [0.2, 0.25) is 5.88 Å². The van der Waals surface area contributed by atoms with Crippen LogP contribution in [0.15, 0.2) is 53.7 Å². The zero-order valence-corrected chi connectivity index (χ0v) is 15.2. The number of rotatable bonds is 5. The van der Waals surface area contributed by atoms with Gasteiger partial charge < -0.3 is 4.74 Å². The Kier molecular flexibility index (Phi) is 5.83. The molecular formula is C19H13F5N2OS. The average Bonchev–Trinajstić information content (AvgIpc) is 2.62. The van der Waals surface area contributed by atoms with E-state index in [1.54, 1.807) is 24.3 Å². The Morgan fingerprint density at radius 1 is 0.964 bits per heavy atom. The van der Waals surface area contributed by atoms with Gasteiger partial charge in [-0.1, -0.05) is 35.5 Å². The van der Waals surface area contributed by atoms with Gasteiger partial charge in [-0.2, -0.15) is 18.2 Å². The molecule has 0 saturated carbocycles. The SMILES string of the molecule is Cc1ccc(Oc2cc(C(F)(F)F)nc(SCc3c(F)cccc3F)n2)cc1. The molecule has 2 aromatic carbocycles. The lowest BCUT2D eigenvalue weighted by molar-refractivity contribution is -0.141. The molecule has 3 rings (SSSR count). The van der Waals surface area contributed by atoms with Gasteiger partial charge in [-0.05, 0) is 31.2 Å². The lowest BCUT2D eigenvalue weighted by Crippen LogP contribution is -2.10. The molecule has 0 bridgehead atoms. The van der Waals surface area contributed by atoms with Crippen molar-refractivity contribution < 1.29 is 26.7 Å². The fraction of sp³-hybridized carbons (Fsp3) is 0.158. The number of nitrogens with zero attached hydrogens (tertiary/aromatic N) is 2. The van der Waals surface area contributed by atoms with Crippen LogP contribution in [-0.2, 0) is 11.9 Å². The normalized spacial score (nSPS) is 11.5. The molecule has 0 aliphatic carbocycles. The molecule has 3 nitrogen and oxygen atoms in total. The minimum atomic E-state index is -4.73. The van der Waals surface area contributed by atoms with Gasteiger partial charge in [0.15, 0.2) is 10.9 Å². The van der Waals surface area contributed by atoms with Gasteiger partial charge in [0.1, 0.15) is 17.4 Å². The van der Waals surface area contributed by atoms with Crippen LogP contribution in [0.2, 0.25) is 0 Å². The second kappa shape index (κ2) is 8.14. The molecule has 28 heavy (non-hydrogen) atoms. The van der Waals surface area contributed by atoms with E-state index in [0.29, 0.717) is 23.6 Å². The van der Waals surface area contributed by atoms with Crippen LogP contribution in [0.3, 0.4) is 0 Å². The van der Waals surface area contributed by atoms with Crippen molar-refractivity contribution in [1.82, 2.24) is 9.97 Å². The quantitative estimate of drug-likeness (QED) is 0.285. The van der Waals surface area contributed by atoms with E-state index in [0.717, 1.165) is 17.7 Å². The van der Waals surface area contributed by atoms with Gasteiger partial charge in [0.05, 0.1) is 0 Å². The largest absolute Gasteiger partial charge is 0.439 e. The number of ether oxygens (including phenoxy) is 1. The molecule has 0 atom stereocenters. The summed E-state index contributed by atoms with van der Waals surface area (Å²) >= 11 is 0.677. The van der Waals surface area contributed by atoms with Crippen LogP contribution in [0.25, 0.3) is 0 Å². The second-order valence-corrected chi connectivity index (χ2v) is 6.72. The smallest absolute Gasteiger partial charge is 0.433 e. The maximum atomic E-state index is 13.7. The molecule has 1 aromatic heterocycles. The minimum absolute atomic E-state index is 0.269. The maximum absolute atomic E-state index is 13.7. The first-order valence-electron chi connectivity index (χ1n) is 7.99. The number of halogens is 5. The molecule has 9 heteroatoms. The Morgan fingerprint density at radius 2 is 1.61 bits per heavy atom. The lowest BCUT2D eigenvalue weighted by Gasteiger charge is -2.11. The third-order valence-electron chi connectivity index (χ3n) is 3.62. The summed E-state index contributed by atoms with van der Waals surface area (Å²) in [5.41, 5.74) is -0.523. The van der Waals surface area contributed by atoms with Crippen molar-refractivity contribution in [3.63, 3.8) is 0 Å². The van der Waals surface area contributed by atoms with Gasteiger partial charge in [-0.3, -0.25) is 0 Å². The summed E-state index contributed by atoms with van der Waals surface area (Å²) in [6, 6.07) is 10.7. The van der Waals surface area contributed by atoms with Crippen LogP contribution >= 0.6 is 11.8 Å². The van der Waals surface area contributed by atoms with E-state index in [2.05, 4.69) is 9.97 Å². The maximum Gasteiger partial charge on any atom is 0.433 e. The molecule has 0 amide bonds. The number of hydrogen-bond acceptors (Lipinski definition) is 4.